The van der Waals surface area contributed by atoms with Gasteiger partial charge in [-0.05, 0) is 41.6 Å². The first-order chi connectivity index (χ1) is 7.83. The van der Waals surface area contributed by atoms with Crippen LogP contribution in [0.3, 0.4) is 0 Å². The molecule has 0 amide bonds. The number of hydrogen-bond donors (Lipinski definition) is 1. The van der Waals surface area contributed by atoms with Gasteiger partial charge in [-0.2, -0.15) is 0 Å². The van der Waals surface area contributed by atoms with Crippen molar-refractivity contribution in [1.29, 1.82) is 0 Å². The Morgan fingerprint density at radius 3 is 2.81 bits per heavy atom. The van der Waals surface area contributed by atoms with Crippen LogP contribution in [0, 0.1) is 0 Å². The summed E-state index contributed by atoms with van der Waals surface area (Å²) in [5.41, 5.74) is 4.07. The molecule has 0 bridgehead atoms. The molecule has 0 atom stereocenters. The Hall–Kier alpha value is -1.12. The first kappa shape index (κ1) is 11.4. The maximum Gasteiger partial charge on any atom is 0.0296 e. The average Bonchev–Trinajstić information content (AvgIpc) is 2.78. The molecule has 0 spiro atoms. The molecule has 0 saturated heterocycles. The Morgan fingerprint density at radius 2 is 2.06 bits per heavy atom. The summed E-state index contributed by atoms with van der Waals surface area (Å²) >= 11 is 1.82. The molecule has 2 heteroatoms. The van der Waals surface area contributed by atoms with E-state index in [0.717, 1.165) is 13.0 Å². The van der Waals surface area contributed by atoms with Gasteiger partial charge >= 0.3 is 0 Å². The van der Waals surface area contributed by atoms with Crippen LogP contribution in [-0.2, 0) is 13.0 Å². The van der Waals surface area contributed by atoms with Crippen molar-refractivity contribution in [2.75, 3.05) is 7.05 Å². The van der Waals surface area contributed by atoms with Crippen LogP contribution < -0.4 is 5.32 Å². The first-order valence-electron chi connectivity index (χ1n) is 5.64. The van der Waals surface area contributed by atoms with Gasteiger partial charge in [-0.15, -0.1) is 11.3 Å². The summed E-state index contributed by atoms with van der Waals surface area (Å²) in [6, 6.07) is 11.1. The molecule has 1 aromatic heterocycles. The zero-order chi connectivity index (χ0) is 11.4. The maximum atomic E-state index is 3.18. The molecule has 0 saturated carbocycles. The van der Waals surface area contributed by atoms with Gasteiger partial charge in [-0.3, -0.25) is 0 Å². The van der Waals surface area contributed by atoms with Gasteiger partial charge in [0.2, 0.25) is 0 Å². The smallest absolute Gasteiger partial charge is 0.0296 e. The SMILES string of the molecule is CCc1cccc(-c2csc(CNC)c2)c1. The highest BCUT2D eigenvalue weighted by Gasteiger charge is 2.02. The third-order valence-electron chi connectivity index (χ3n) is 2.67. The van der Waals surface area contributed by atoms with Gasteiger partial charge in [0.15, 0.2) is 0 Å². The second-order valence-electron chi connectivity index (χ2n) is 3.89. The second kappa shape index (κ2) is 5.28. The van der Waals surface area contributed by atoms with Gasteiger partial charge in [0, 0.05) is 11.4 Å². The number of rotatable bonds is 4. The summed E-state index contributed by atoms with van der Waals surface area (Å²) in [4.78, 5) is 1.39. The fourth-order valence-corrected chi connectivity index (χ4v) is 2.67. The van der Waals surface area contributed by atoms with Crippen LogP contribution in [0.25, 0.3) is 11.1 Å². The molecule has 1 heterocycles. The molecule has 1 N–H and O–H groups in total. The molecule has 0 aliphatic carbocycles. The fourth-order valence-electron chi connectivity index (χ4n) is 1.77. The van der Waals surface area contributed by atoms with E-state index in [-0.39, 0.29) is 0 Å². The summed E-state index contributed by atoms with van der Waals surface area (Å²) < 4.78 is 0. The summed E-state index contributed by atoms with van der Waals surface area (Å²) in [7, 11) is 1.98. The van der Waals surface area contributed by atoms with E-state index in [0.29, 0.717) is 0 Å². The van der Waals surface area contributed by atoms with Crippen LogP contribution in [0.1, 0.15) is 17.4 Å². The summed E-state index contributed by atoms with van der Waals surface area (Å²) in [5.74, 6) is 0. The molecule has 0 fully saturated rings. The largest absolute Gasteiger partial charge is 0.315 e. The first-order valence-corrected chi connectivity index (χ1v) is 6.52. The van der Waals surface area contributed by atoms with E-state index in [1.807, 2.05) is 18.4 Å². The highest BCUT2D eigenvalue weighted by Crippen LogP contribution is 2.26. The number of thiophene rings is 1. The van der Waals surface area contributed by atoms with E-state index < -0.39 is 0 Å². The minimum atomic E-state index is 0.956. The summed E-state index contributed by atoms with van der Waals surface area (Å²) in [6.07, 6.45) is 1.10. The van der Waals surface area contributed by atoms with E-state index in [1.165, 1.54) is 21.6 Å². The Balaban J connectivity index is 2.27. The Labute approximate surface area is 101 Å². The van der Waals surface area contributed by atoms with Crippen molar-refractivity contribution in [2.45, 2.75) is 19.9 Å². The molecule has 0 aliphatic rings. The molecule has 2 rings (SSSR count). The molecular formula is C14H17NS. The molecule has 2 aromatic rings. The van der Waals surface area contributed by atoms with Crippen molar-refractivity contribution in [2.24, 2.45) is 0 Å². The van der Waals surface area contributed by atoms with E-state index in [1.54, 1.807) is 0 Å². The number of hydrogen-bond acceptors (Lipinski definition) is 2. The highest BCUT2D eigenvalue weighted by molar-refractivity contribution is 7.10. The van der Waals surface area contributed by atoms with Gasteiger partial charge in [0.1, 0.15) is 0 Å². The lowest BCUT2D eigenvalue weighted by Gasteiger charge is -2.01. The molecule has 1 aromatic carbocycles. The van der Waals surface area contributed by atoms with E-state index >= 15 is 0 Å². The maximum absolute atomic E-state index is 3.18. The van der Waals surface area contributed by atoms with Crippen molar-refractivity contribution < 1.29 is 0 Å². The molecular weight excluding hydrogens is 214 g/mol. The lowest BCUT2D eigenvalue weighted by molar-refractivity contribution is 0.831. The van der Waals surface area contributed by atoms with Crippen LogP contribution in [-0.4, -0.2) is 7.05 Å². The van der Waals surface area contributed by atoms with Crippen molar-refractivity contribution in [3.8, 4) is 11.1 Å². The predicted octanol–water partition coefficient (Wildman–Crippen LogP) is 3.70. The number of nitrogens with one attached hydrogen (secondary N) is 1. The third kappa shape index (κ3) is 2.52. The normalized spacial score (nSPS) is 10.6. The molecule has 0 unspecified atom stereocenters. The Morgan fingerprint density at radius 1 is 1.19 bits per heavy atom. The van der Waals surface area contributed by atoms with Crippen LogP contribution in [0.2, 0.25) is 0 Å². The fraction of sp³-hybridized carbons (Fsp3) is 0.286. The third-order valence-corrected chi connectivity index (χ3v) is 3.61. The van der Waals surface area contributed by atoms with E-state index in [2.05, 4.69) is 48.0 Å². The highest BCUT2D eigenvalue weighted by atomic mass is 32.1. The average molecular weight is 231 g/mol. The number of benzene rings is 1. The van der Waals surface area contributed by atoms with Crippen molar-refractivity contribution >= 4 is 11.3 Å². The molecule has 1 nitrogen and oxygen atoms in total. The quantitative estimate of drug-likeness (QED) is 0.846. The van der Waals surface area contributed by atoms with E-state index in [4.69, 9.17) is 0 Å². The number of aryl methyl sites for hydroxylation is 1. The van der Waals surface area contributed by atoms with Gasteiger partial charge < -0.3 is 5.32 Å². The minimum Gasteiger partial charge on any atom is -0.315 e. The van der Waals surface area contributed by atoms with Crippen LogP contribution in [0.4, 0.5) is 0 Å². The second-order valence-corrected chi connectivity index (χ2v) is 4.88. The predicted molar refractivity (Wildman–Crippen MR) is 71.9 cm³/mol. The van der Waals surface area contributed by atoms with E-state index in [9.17, 15) is 0 Å². The van der Waals surface area contributed by atoms with Crippen LogP contribution >= 0.6 is 11.3 Å². The molecule has 16 heavy (non-hydrogen) atoms. The van der Waals surface area contributed by atoms with Crippen molar-refractivity contribution in [3.05, 3.63) is 46.2 Å². The molecule has 0 aliphatic heterocycles. The van der Waals surface area contributed by atoms with Crippen molar-refractivity contribution in [1.82, 2.24) is 5.32 Å². The standard InChI is InChI=1S/C14H17NS/c1-3-11-5-4-6-12(7-11)13-8-14(9-15-2)16-10-13/h4-8,10,15H,3,9H2,1-2H3. The van der Waals surface area contributed by atoms with Crippen molar-refractivity contribution in [3.63, 3.8) is 0 Å². The van der Waals surface area contributed by atoms with Gasteiger partial charge in [0.25, 0.3) is 0 Å². The zero-order valence-corrected chi connectivity index (χ0v) is 10.6. The zero-order valence-electron chi connectivity index (χ0n) is 9.79. The Kier molecular flexibility index (Phi) is 3.75. The summed E-state index contributed by atoms with van der Waals surface area (Å²) in [6.45, 7) is 3.15. The monoisotopic (exact) mass is 231 g/mol. The topological polar surface area (TPSA) is 12.0 Å². The van der Waals surface area contributed by atoms with Crippen LogP contribution in [0.15, 0.2) is 35.7 Å². The van der Waals surface area contributed by atoms with Crippen LogP contribution in [0.5, 0.6) is 0 Å². The Bertz CT molecular complexity index is 459. The van der Waals surface area contributed by atoms with Gasteiger partial charge in [-0.1, -0.05) is 31.2 Å². The lowest BCUT2D eigenvalue weighted by Crippen LogP contribution is -2.02. The van der Waals surface area contributed by atoms with Gasteiger partial charge in [-0.25, -0.2) is 0 Å². The molecule has 0 radical (unpaired) electrons. The lowest BCUT2D eigenvalue weighted by atomic mass is 10.0. The summed E-state index contributed by atoms with van der Waals surface area (Å²) in [5, 5.41) is 5.42. The van der Waals surface area contributed by atoms with Gasteiger partial charge in [0.05, 0.1) is 0 Å². The minimum absolute atomic E-state index is 0.956. The molecule has 84 valence electrons.